The molecule has 0 aliphatic carbocycles. The van der Waals surface area contributed by atoms with Crippen LogP contribution >= 0.6 is 12.4 Å². The smallest absolute Gasteiger partial charge is 0.0865 e. The Bertz CT molecular complexity index is 132. The van der Waals surface area contributed by atoms with Crippen molar-refractivity contribution in [1.29, 1.82) is 5.41 Å². The number of hydrogen-bond donors (Lipinski definition) is 2. The number of aliphatic imine (C=N–C) groups is 1. The zero-order valence-corrected chi connectivity index (χ0v) is 7.82. The summed E-state index contributed by atoms with van der Waals surface area (Å²) in [6, 6.07) is 2.13. The molecule has 0 radical (unpaired) electrons. The van der Waals surface area contributed by atoms with Gasteiger partial charge in [-0.1, -0.05) is 13.3 Å². The lowest BCUT2D eigenvalue weighted by Crippen LogP contribution is -2.30. The minimum Gasteiger partial charge on any atom is -0.326 e. The summed E-state index contributed by atoms with van der Waals surface area (Å²) < 4.78 is 0. The minimum absolute atomic E-state index is 0. The van der Waals surface area contributed by atoms with E-state index in [9.17, 15) is 0 Å². The lowest BCUT2D eigenvalue weighted by atomic mass is 10.1. The number of nitrogens with two attached hydrogens (primary N) is 1. The van der Waals surface area contributed by atoms with E-state index in [-0.39, 0.29) is 24.5 Å². The molecular weight excluding hydrogens is 162 g/mol. The van der Waals surface area contributed by atoms with E-state index in [1.807, 2.05) is 12.9 Å². The molecule has 2 unspecified atom stereocenters. The standard InChI is InChI=1S/C7H15N3.ClH/c1-3-4-7(9)6(2)10-5-8;/h6-8H,3-4,9H2,1-2H3;1H. The molecule has 3 nitrogen and oxygen atoms in total. The van der Waals surface area contributed by atoms with E-state index in [0.717, 1.165) is 12.8 Å². The number of nitrogens with one attached hydrogen (secondary N) is 1. The molecule has 11 heavy (non-hydrogen) atoms. The molecule has 0 aromatic heterocycles. The minimum atomic E-state index is 0. The normalized spacial score (nSPS) is 14.1. The summed E-state index contributed by atoms with van der Waals surface area (Å²) in [5, 5.41) is 6.59. The van der Waals surface area contributed by atoms with E-state index in [4.69, 9.17) is 11.1 Å². The lowest BCUT2D eigenvalue weighted by molar-refractivity contribution is 0.521. The second-order valence-electron chi connectivity index (χ2n) is 2.43. The van der Waals surface area contributed by atoms with E-state index >= 15 is 0 Å². The zero-order valence-electron chi connectivity index (χ0n) is 7.00. The summed E-state index contributed by atoms with van der Waals surface area (Å²) in [5.74, 6) is 0. The Morgan fingerprint density at radius 3 is 2.55 bits per heavy atom. The maximum atomic E-state index is 6.59. The third kappa shape index (κ3) is 6.05. The van der Waals surface area contributed by atoms with Gasteiger partial charge in [0.1, 0.15) is 0 Å². The molecule has 0 fully saturated rings. The molecule has 0 spiro atoms. The highest BCUT2D eigenvalue weighted by Gasteiger charge is 2.08. The fourth-order valence-electron chi connectivity index (χ4n) is 0.772. The maximum absolute atomic E-state index is 6.59. The Labute approximate surface area is 74.0 Å². The second-order valence-corrected chi connectivity index (χ2v) is 2.43. The van der Waals surface area contributed by atoms with Gasteiger partial charge in [-0.3, -0.25) is 0 Å². The van der Waals surface area contributed by atoms with Gasteiger partial charge in [0.05, 0.1) is 12.1 Å². The van der Waals surface area contributed by atoms with Crippen molar-refractivity contribution in [3.05, 3.63) is 0 Å². The number of halogens is 1. The van der Waals surface area contributed by atoms with Gasteiger partial charge in [0.2, 0.25) is 0 Å². The Morgan fingerprint density at radius 2 is 2.18 bits per heavy atom. The molecule has 0 heterocycles. The van der Waals surface area contributed by atoms with Gasteiger partial charge in [0.25, 0.3) is 0 Å². The first-order chi connectivity index (χ1) is 4.72. The van der Waals surface area contributed by atoms with Gasteiger partial charge < -0.3 is 5.73 Å². The third-order valence-corrected chi connectivity index (χ3v) is 1.51. The van der Waals surface area contributed by atoms with Crippen molar-refractivity contribution >= 4 is 18.4 Å². The van der Waals surface area contributed by atoms with E-state index in [0.29, 0.717) is 0 Å². The molecule has 0 bridgehead atoms. The Hall–Kier alpha value is -0.370. The van der Waals surface area contributed by atoms with Gasteiger partial charge in [-0.25, -0.2) is 10.4 Å². The highest BCUT2D eigenvalue weighted by Crippen LogP contribution is 2.01. The average molecular weight is 178 g/mol. The molecule has 0 rings (SSSR count). The monoisotopic (exact) mass is 177 g/mol. The first-order valence-electron chi connectivity index (χ1n) is 3.59. The molecule has 0 aliphatic heterocycles. The topological polar surface area (TPSA) is 62.2 Å². The molecule has 0 aromatic rings. The van der Waals surface area contributed by atoms with Crippen LogP contribution in [0.1, 0.15) is 26.7 Å². The van der Waals surface area contributed by atoms with Gasteiger partial charge >= 0.3 is 0 Å². The average Bonchev–Trinajstić information content (AvgIpc) is 1.89. The van der Waals surface area contributed by atoms with Crippen molar-refractivity contribution < 1.29 is 0 Å². The highest BCUT2D eigenvalue weighted by atomic mass is 35.5. The van der Waals surface area contributed by atoms with Crippen molar-refractivity contribution in [2.75, 3.05) is 0 Å². The number of nitrogens with zero attached hydrogens (tertiary/aromatic N) is 1. The maximum Gasteiger partial charge on any atom is 0.0865 e. The van der Waals surface area contributed by atoms with Crippen molar-refractivity contribution in [2.24, 2.45) is 10.7 Å². The fourth-order valence-corrected chi connectivity index (χ4v) is 0.772. The molecule has 3 N–H and O–H groups in total. The van der Waals surface area contributed by atoms with Gasteiger partial charge in [0.15, 0.2) is 0 Å². The molecule has 0 saturated carbocycles. The number of rotatable bonds is 4. The first kappa shape index (κ1) is 13.2. The van der Waals surface area contributed by atoms with Crippen molar-refractivity contribution in [2.45, 2.75) is 38.8 Å². The molecule has 4 heteroatoms. The summed E-state index contributed by atoms with van der Waals surface area (Å²) in [4.78, 5) is 3.73. The van der Waals surface area contributed by atoms with Crippen LogP contribution in [0.25, 0.3) is 0 Å². The van der Waals surface area contributed by atoms with Crippen molar-refractivity contribution in [1.82, 2.24) is 0 Å². The summed E-state index contributed by atoms with van der Waals surface area (Å²) in [6.07, 6.45) is 2.03. The molecule has 66 valence electrons. The summed E-state index contributed by atoms with van der Waals surface area (Å²) in [5.41, 5.74) is 5.70. The Morgan fingerprint density at radius 1 is 1.64 bits per heavy atom. The lowest BCUT2D eigenvalue weighted by Gasteiger charge is -2.12. The van der Waals surface area contributed by atoms with Crippen LogP contribution in [-0.2, 0) is 0 Å². The quantitative estimate of drug-likeness (QED) is 0.631. The summed E-state index contributed by atoms with van der Waals surface area (Å²) in [7, 11) is 0. The van der Waals surface area contributed by atoms with Crippen LogP contribution in [-0.4, -0.2) is 18.1 Å². The van der Waals surface area contributed by atoms with Crippen LogP contribution < -0.4 is 5.73 Å². The molecular formula is C7H16ClN3. The van der Waals surface area contributed by atoms with Crippen LogP contribution in [0.2, 0.25) is 0 Å². The zero-order chi connectivity index (χ0) is 7.98. The van der Waals surface area contributed by atoms with Gasteiger partial charge in [-0.2, -0.15) is 0 Å². The molecule has 0 aliphatic rings. The predicted octanol–water partition coefficient (Wildman–Crippen LogP) is 1.68. The van der Waals surface area contributed by atoms with Crippen LogP contribution in [0, 0.1) is 5.41 Å². The molecule has 0 amide bonds. The second kappa shape index (κ2) is 7.73. The van der Waals surface area contributed by atoms with Gasteiger partial charge in [0, 0.05) is 6.04 Å². The number of hydrogen-bond acceptors (Lipinski definition) is 3. The third-order valence-electron chi connectivity index (χ3n) is 1.51. The molecule has 0 aromatic carbocycles. The summed E-state index contributed by atoms with van der Waals surface area (Å²) >= 11 is 0. The van der Waals surface area contributed by atoms with Crippen LogP contribution in [0.3, 0.4) is 0 Å². The Balaban J connectivity index is 0. The van der Waals surface area contributed by atoms with Crippen LogP contribution in [0.5, 0.6) is 0 Å². The SMILES string of the molecule is CCCC(N)C(C)N=C=N.Cl. The largest absolute Gasteiger partial charge is 0.326 e. The van der Waals surface area contributed by atoms with E-state index < -0.39 is 0 Å². The Kier molecular flexibility index (Phi) is 9.31. The first-order valence-corrected chi connectivity index (χ1v) is 3.59. The van der Waals surface area contributed by atoms with Crippen LogP contribution in [0.15, 0.2) is 4.99 Å². The summed E-state index contributed by atoms with van der Waals surface area (Å²) in [6.45, 7) is 3.99. The van der Waals surface area contributed by atoms with E-state index in [1.54, 1.807) is 0 Å². The molecule has 0 saturated heterocycles. The molecule has 2 atom stereocenters. The van der Waals surface area contributed by atoms with Gasteiger partial charge in [-0.05, 0) is 13.3 Å². The van der Waals surface area contributed by atoms with Gasteiger partial charge in [-0.15, -0.1) is 12.4 Å². The van der Waals surface area contributed by atoms with E-state index in [2.05, 4.69) is 11.9 Å². The van der Waals surface area contributed by atoms with Crippen LogP contribution in [0.4, 0.5) is 0 Å². The highest BCUT2D eigenvalue weighted by molar-refractivity contribution is 5.85. The van der Waals surface area contributed by atoms with E-state index in [1.165, 1.54) is 0 Å². The van der Waals surface area contributed by atoms with Crippen molar-refractivity contribution in [3.63, 3.8) is 0 Å². The van der Waals surface area contributed by atoms with Crippen molar-refractivity contribution in [3.8, 4) is 0 Å². The predicted molar refractivity (Wildman–Crippen MR) is 49.7 cm³/mol. The fraction of sp³-hybridized carbons (Fsp3) is 0.857.